The van der Waals surface area contributed by atoms with Crippen molar-refractivity contribution in [3.63, 3.8) is 0 Å². The van der Waals surface area contributed by atoms with Crippen LogP contribution >= 0.6 is 0 Å². The fourth-order valence-electron chi connectivity index (χ4n) is 5.26. The second kappa shape index (κ2) is 10.6. The maximum absolute atomic E-state index is 14.5. The fraction of sp³-hybridized carbons (Fsp3) is 0.393. The van der Waals surface area contributed by atoms with Crippen LogP contribution in [0.25, 0.3) is 0 Å². The lowest BCUT2D eigenvalue weighted by molar-refractivity contribution is -0.165. The van der Waals surface area contributed by atoms with E-state index >= 15 is 0 Å². The van der Waals surface area contributed by atoms with Gasteiger partial charge in [0.1, 0.15) is 17.9 Å². The highest BCUT2D eigenvalue weighted by atomic mass is 19.3. The summed E-state index contributed by atoms with van der Waals surface area (Å²) in [7, 11) is 0. The number of rotatable bonds is 5. The Labute approximate surface area is 228 Å². The second-order valence-corrected chi connectivity index (χ2v) is 11.1. The van der Waals surface area contributed by atoms with E-state index in [0.29, 0.717) is 11.3 Å². The van der Waals surface area contributed by atoms with Crippen molar-refractivity contribution >= 4 is 35.0 Å². The van der Waals surface area contributed by atoms with Crippen molar-refractivity contribution in [1.82, 2.24) is 9.80 Å². The van der Waals surface area contributed by atoms with Crippen molar-refractivity contribution in [3.05, 3.63) is 59.9 Å². The number of amides is 4. The number of alkyl halides is 2. The fourth-order valence-corrected chi connectivity index (χ4v) is 5.26. The molecule has 40 heavy (non-hydrogen) atoms. The number of nitrogens with one attached hydrogen (secondary N) is 2. The molecule has 1 spiro atoms. The van der Waals surface area contributed by atoms with Gasteiger partial charge in [-0.3, -0.25) is 24.1 Å². The third-order valence-corrected chi connectivity index (χ3v) is 7.08. The van der Waals surface area contributed by atoms with E-state index in [-0.39, 0.29) is 30.0 Å². The zero-order valence-electron chi connectivity index (χ0n) is 22.1. The van der Waals surface area contributed by atoms with Gasteiger partial charge < -0.3 is 15.5 Å². The molecule has 210 valence electrons. The summed E-state index contributed by atoms with van der Waals surface area (Å²) >= 11 is 0. The Morgan fingerprint density at radius 2 is 1.82 bits per heavy atom. The van der Waals surface area contributed by atoms with Gasteiger partial charge in [0.25, 0.3) is 0 Å². The number of halogens is 3. The highest BCUT2D eigenvalue weighted by molar-refractivity contribution is 6.40. The van der Waals surface area contributed by atoms with Gasteiger partial charge in [-0.1, -0.05) is 39.0 Å². The zero-order valence-corrected chi connectivity index (χ0v) is 22.1. The molecule has 0 radical (unpaired) electrons. The maximum Gasteiger partial charge on any atom is 0.318 e. The molecule has 9 nitrogen and oxygen atoms in total. The molecule has 3 atom stereocenters. The SMILES string of the molecule is CC(C)(C)C[C@@H](C(=O)N1C[C@]2(C[C@H]1C#N)C(=O)Nc1ccccc12)N(C(=O)C(=O)Nc1ccc(F)cc1)C(F)F. The van der Waals surface area contributed by atoms with Crippen molar-refractivity contribution in [2.75, 3.05) is 17.2 Å². The minimum absolute atomic E-state index is 0.00963. The minimum Gasteiger partial charge on any atom is -0.325 e. The Balaban J connectivity index is 1.67. The van der Waals surface area contributed by atoms with Crippen LogP contribution in [0.3, 0.4) is 0 Å². The van der Waals surface area contributed by atoms with Gasteiger partial charge in [0.2, 0.25) is 11.8 Å². The molecule has 2 aliphatic heterocycles. The topological polar surface area (TPSA) is 123 Å². The van der Waals surface area contributed by atoms with Gasteiger partial charge in [-0.2, -0.15) is 14.0 Å². The van der Waals surface area contributed by atoms with Crippen LogP contribution in [-0.4, -0.2) is 58.6 Å². The lowest BCUT2D eigenvalue weighted by Crippen LogP contribution is -2.57. The Hall–Kier alpha value is -4.40. The van der Waals surface area contributed by atoms with E-state index in [1.54, 1.807) is 45.0 Å². The quantitative estimate of drug-likeness (QED) is 0.431. The smallest absolute Gasteiger partial charge is 0.318 e. The van der Waals surface area contributed by atoms with Crippen molar-refractivity contribution in [2.24, 2.45) is 5.41 Å². The second-order valence-electron chi connectivity index (χ2n) is 11.1. The number of hydrogen-bond donors (Lipinski definition) is 2. The van der Waals surface area contributed by atoms with Crippen molar-refractivity contribution in [1.29, 1.82) is 5.26 Å². The van der Waals surface area contributed by atoms with Gasteiger partial charge in [0.15, 0.2) is 0 Å². The van der Waals surface area contributed by atoms with E-state index in [9.17, 15) is 37.6 Å². The summed E-state index contributed by atoms with van der Waals surface area (Å²) in [6.45, 7) is 1.21. The van der Waals surface area contributed by atoms with Crippen LogP contribution in [0.4, 0.5) is 24.5 Å². The highest BCUT2D eigenvalue weighted by Gasteiger charge is 2.57. The highest BCUT2D eigenvalue weighted by Crippen LogP contribution is 2.46. The van der Waals surface area contributed by atoms with Crippen molar-refractivity contribution < 1.29 is 32.3 Å². The number of fused-ring (bicyclic) bond motifs is 2. The molecule has 0 saturated carbocycles. The summed E-state index contributed by atoms with van der Waals surface area (Å²) in [6.07, 6.45) is -0.329. The van der Waals surface area contributed by atoms with Crippen LogP contribution in [0.5, 0.6) is 0 Å². The van der Waals surface area contributed by atoms with Gasteiger partial charge in [-0.15, -0.1) is 0 Å². The predicted molar refractivity (Wildman–Crippen MR) is 138 cm³/mol. The van der Waals surface area contributed by atoms with Gasteiger partial charge in [-0.05, 0) is 47.7 Å². The first-order valence-corrected chi connectivity index (χ1v) is 12.6. The van der Waals surface area contributed by atoms with Gasteiger partial charge in [0.05, 0.1) is 11.5 Å². The molecular formula is C28H28F3N5O4. The average molecular weight is 556 g/mol. The molecule has 2 N–H and O–H groups in total. The standard InChI is InChI=1S/C28H28F3N5O4/c1-27(2,3)13-21(36(26(30)31)24(39)22(37)33-17-10-8-16(29)9-11-17)23(38)35-15-28(12-18(35)14-32)19-6-4-5-7-20(19)34-25(28)40/h4-11,18,21,26H,12-13,15H2,1-3H3,(H,33,37)(H,34,40)/t18-,21-,28-/m0/s1. The van der Waals surface area contributed by atoms with E-state index < -0.39 is 58.9 Å². The normalized spacial score (nSPS) is 20.6. The molecule has 2 heterocycles. The molecule has 2 aromatic carbocycles. The van der Waals surface area contributed by atoms with E-state index in [2.05, 4.69) is 10.6 Å². The summed E-state index contributed by atoms with van der Waals surface area (Å²) in [5.74, 6) is -5.12. The number of carbonyl (C=O) groups excluding carboxylic acids is 4. The molecule has 1 saturated heterocycles. The number of para-hydroxylation sites is 1. The van der Waals surface area contributed by atoms with Gasteiger partial charge in [-0.25, -0.2) is 4.39 Å². The summed E-state index contributed by atoms with van der Waals surface area (Å²) in [4.78, 5) is 53.8. The first-order valence-electron chi connectivity index (χ1n) is 12.6. The molecule has 4 rings (SSSR count). The Bertz CT molecular complexity index is 1390. The monoisotopic (exact) mass is 555 g/mol. The Kier molecular flexibility index (Phi) is 7.61. The van der Waals surface area contributed by atoms with E-state index in [1.807, 2.05) is 6.07 Å². The van der Waals surface area contributed by atoms with E-state index in [4.69, 9.17) is 0 Å². The molecule has 1 fully saturated rings. The number of benzene rings is 2. The molecule has 0 unspecified atom stereocenters. The van der Waals surface area contributed by atoms with Crippen LogP contribution in [0.1, 0.15) is 39.2 Å². The molecule has 0 aliphatic carbocycles. The predicted octanol–water partition coefficient (Wildman–Crippen LogP) is 3.63. The number of likely N-dealkylation sites (tertiary alicyclic amines) is 1. The number of hydrogen-bond acceptors (Lipinski definition) is 5. The van der Waals surface area contributed by atoms with Crippen molar-refractivity contribution in [2.45, 2.75) is 57.7 Å². The largest absolute Gasteiger partial charge is 0.325 e. The molecule has 0 bridgehead atoms. The first kappa shape index (κ1) is 28.6. The van der Waals surface area contributed by atoms with Crippen LogP contribution in [0, 0.1) is 22.6 Å². The molecule has 4 amide bonds. The number of carbonyl (C=O) groups is 4. The Morgan fingerprint density at radius 3 is 2.42 bits per heavy atom. The van der Waals surface area contributed by atoms with Crippen LogP contribution in [-0.2, 0) is 24.6 Å². The summed E-state index contributed by atoms with van der Waals surface area (Å²) in [6, 6.07) is 10.2. The van der Waals surface area contributed by atoms with Crippen LogP contribution in [0.2, 0.25) is 0 Å². The van der Waals surface area contributed by atoms with E-state index in [0.717, 1.165) is 29.2 Å². The lowest BCUT2D eigenvalue weighted by Gasteiger charge is -2.36. The average Bonchev–Trinajstić information content (AvgIpc) is 3.41. The third kappa shape index (κ3) is 5.36. The molecule has 2 aliphatic rings. The number of nitriles is 1. The van der Waals surface area contributed by atoms with Gasteiger partial charge >= 0.3 is 18.4 Å². The minimum atomic E-state index is -3.55. The number of anilines is 2. The maximum atomic E-state index is 14.5. The molecular weight excluding hydrogens is 527 g/mol. The lowest BCUT2D eigenvalue weighted by atomic mass is 9.80. The van der Waals surface area contributed by atoms with Crippen molar-refractivity contribution in [3.8, 4) is 6.07 Å². The number of nitrogens with zero attached hydrogens (tertiary/aromatic N) is 3. The summed E-state index contributed by atoms with van der Waals surface area (Å²) < 4.78 is 42.2. The molecule has 0 aromatic heterocycles. The summed E-state index contributed by atoms with van der Waals surface area (Å²) in [5.41, 5.74) is -0.920. The first-order chi connectivity index (χ1) is 18.8. The van der Waals surface area contributed by atoms with Crippen LogP contribution in [0.15, 0.2) is 48.5 Å². The zero-order chi connectivity index (χ0) is 29.4. The Morgan fingerprint density at radius 1 is 1.18 bits per heavy atom. The summed E-state index contributed by atoms with van der Waals surface area (Å²) in [5, 5.41) is 14.8. The van der Waals surface area contributed by atoms with Crippen LogP contribution < -0.4 is 10.6 Å². The molecule has 2 aromatic rings. The third-order valence-electron chi connectivity index (χ3n) is 7.08. The van der Waals surface area contributed by atoms with E-state index in [1.165, 1.54) is 0 Å². The van der Waals surface area contributed by atoms with Gasteiger partial charge in [0, 0.05) is 24.3 Å². The molecule has 12 heteroatoms.